The van der Waals surface area contributed by atoms with Crippen LogP contribution in [-0.4, -0.2) is 37.9 Å². The summed E-state index contributed by atoms with van der Waals surface area (Å²) in [5, 5.41) is 26.3. The third-order valence-electron chi connectivity index (χ3n) is 10.9. The molecule has 0 saturated heterocycles. The van der Waals surface area contributed by atoms with Crippen molar-refractivity contribution in [2.24, 2.45) is 34.5 Å². The molecule has 0 spiro atoms. The molecule has 7 atom stereocenters. The number of carbonyl (C=O) groups excluding carboxylic acids is 2. The first-order valence-corrected chi connectivity index (χ1v) is 15.0. The second kappa shape index (κ2) is 10.2. The highest BCUT2D eigenvalue weighted by atomic mass is 17.2. The van der Waals surface area contributed by atoms with Gasteiger partial charge in [0.2, 0.25) is 5.76 Å². The minimum absolute atomic E-state index is 0.00147. The Labute approximate surface area is 249 Å². The summed E-state index contributed by atoms with van der Waals surface area (Å²) in [6.45, 7) is 4.34. The van der Waals surface area contributed by atoms with Gasteiger partial charge in [-0.1, -0.05) is 25.5 Å². The van der Waals surface area contributed by atoms with E-state index in [1.807, 2.05) is 22.9 Å². The number of rotatable bonds is 4. The van der Waals surface area contributed by atoms with Crippen LogP contribution in [0.15, 0.2) is 52.8 Å². The van der Waals surface area contributed by atoms with Gasteiger partial charge in [-0.15, -0.1) is 0 Å². The largest absolute Gasteiger partial charge is 0.457 e. The fourth-order valence-corrected chi connectivity index (χ4v) is 9.16. The third-order valence-corrected chi connectivity index (χ3v) is 10.9. The zero-order valence-electron chi connectivity index (χ0n) is 24.2. The number of allylic oxidation sites excluding steroid dienone is 1. The van der Waals surface area contributed by atoms with Gasteiger partial charge >= 0.3 is 11.9 Å². The van der Waals surface area contributed by atoms with E-state index in [9.17, 15) is 20.0 Å². The Kier molecular flexibility index (Phi) is 6.54. The van der Waals surface area contributed by atoms with Crippen molar-refractivity contribution in [1.29, 1.82) is 5.26 Å². The van der Waals surface area contributed by atoms with Gasteiger partial charge in [-0.3, -0.25) is 0 Å². The van der Waals surface area contributed by atoms with Crippen molar-refractivity contribution < 1.29 is 28.9 Å². The summed E-state index contributed by atoms with van der Waals surface area (Å²) in [6, 6.07) is 11.0. The molecular weight excluding hydrogens is 548 g/mol. The van der Waals surface area contributed by atoms with Gasteiger partial charge in [-0.05, 0) is 97.5 Å². The van der Waals surface area contributed by atoms with Crippen molar-refractivity contribution in [3.8, 4) is 11.9 Å². The number of furan rings is 1. The number of hydrogen-bond acceptors (Lipinski definition) is 9. The Balaban J connectivity index is 1.16. The topological polar surface area (TPSA) is 140 Å². The third kappa shape index (κ3) is 4.24. The van der Waals surface area contributed by atoms with Crippen LogP contribution < -0.4 is 0 Å². The molecule has 3 saturated carbocycles. The van der Waals surface area contributed by atoms with Crippen molar-refractivity contribution >= 4 is 18.0 Å². The van der Waals surface area contributed by atoms with Crippen LogP contribution in [0.5, 0.6) is 0 Å². The first-order chi connectivity index (χ1) is 20.7. The van der Waals surface area contributed by atoms with E-state index >= 15 is 0 Å². The lowest BCUT2D eigenvalue weighted by atomic mass is 9.46. The van der Waals surface area contributed by atoms with Gasteiger partial charge in [0, 0.05) is 11.8 Å². The smallest absolute Gasteiger partial charge is 0.421 e. The van der Waals surface area contributed by atoms with Gasteiger partial charge in [-0.25, -0.2) is 29.0 Å². The molecule has 0 radical (unpaired) electrons. The van der Waals surface area contributed by atoms with Gasteiger partial charge in [0.1, 0.15) is 0 Å². The van der Waals surface area contributed by atoms with Crippen LogP contribution in [0.4, 0.5) is 0 Å². The van der Waals surface area contributed by atoms with Gasteiger partial charge < -0.3 is 9.52 Å². The molecule has 4 aliphatic carbocycles. The van der Waals surface area contributed by atoms with Crippen LogP contribution in [0.25, 0.3) is 11.9 Å². The van der Waals surface area contributed by atoms with Gasteiger partial charge in [0.15, 0.2) is 5.82 Å². The normalized spacial score (nSPS) is 32.3. The quantitative estimate of drug-likeness (QED) is 0.332. The van der Waals surface area contributed by atoms with Crippen molar-refractivity contribution in [1.82, 2.24) is 14.8 Å². The lowest BCUT2D eigenvalue weighted by molar-refractivity contribution is -0.244. The van der Waals surface area contributed by atoms with Crippen LogP contribution in [-0.2, 0) is 27.4 Å². The molecule has 0 aliphatic heterocycles. The second-order valence-electron chi connectivity index (χ2n) is 13.0. The number of pyridine rings is 1. The SMILES string of the molecule is C[C@]12C[C@H](O)[C@H]3[C@@H](CCC4=Cc5c(c(CC#N)nn5-c5ccccn5)C[C@@]43C)[C@@H]1CC[C@H]2C(=O)OOC(=O)c1ccco1. The Morgan fingerprint density at radius 2 is 2.05 bits per heavy atom. The lowest BCUT2D eigenvalue weighted by Gasteiger charge is -2.59. The molecule has 4 aliphatic rings. The Hall–Kier alpha value is -4.23. The molecule has 3 aromatic heterocycles. The summed E-state index contributed by atoms with van der Waals surface area (Å²) < 4.78 is 6.87. The maximum Gasteiger partial charge on any atom is 0.421 e. The fraction of sp³-hybridized carbons (Fsp3) is 0.485. The number of aromatic nitrogens is 3. The Morgan fingerprint density at radius 1 is 1.19 bits per heavy atom. The minimum atomic E-state index is -0.861. The number of carbonyl (C=O) groups is 2. The molecule has 0 bridgehead atoms. The van der Waals surface area contributed by atoms with Crippen LogP contribution in [0.1, 0.15) is 73.5 Å². The average Bonchev–Trinajstić information content (AvgIpc) is 3.73. The predicted octanol–water partition coefficient (Wildman–Crippen LogP) is 5.01. The number of nitrogens with zero attached hydrogens (tertiary/aromatic N) is 4. The van der Waals surface area contributed by atoms with E-state index in [0.717, 1.165) is 36.2 Å². The number of aliphatic hydroxyl groups excluding tert-OH is 1. The van der Waals surface area contributed by atoms with Crippen molar-refractivity contribution in [3.05, 3.63) is 71.1 Å². The summed E-state index contributed by atoms with van der Waals surface area (Å²) in [4.78, 5) is 39.8. The lowest BCUT2D eigenvalue weighted by Crippen LogP contribution is -2.57. The summed E-state index contributed by atoms with van der Waals surface area (Å²) in [5.74, 6) is -0.830. The highest BCUT2D eigenvalue weighted by Gasteiger charge is 2.64. The molecule has 10 nitrogen and oxygen atoms in total. The summed E-state index contributed by atoms with van der Waals surface area (Å²) in [6.07, 6.45) is 9.27. The van der Waals surface area contributed by atoms with Crippen LogP contribution in [0, 0.1) is 45.8 Å². The Bertz CT molecular complexity index is 1640. The number of fused-ring (bicyclic) bond motifs is 6. The van der Waals surface area contributed by atoms with E-state index in [1.165, 1.54) is 17.9 Å². The van der Waals surface area contributed by atoms with Crippen LogP contribution in [0.3, 0.4) is 0 Å². The maximum atomic E-state index is 13.2. The molecule has 0 amide bonds. The predicted molar refractivity (Wildman–Crippen MR) is 152 cm³/mol. The molecule has 0 unspecified atom stereocenters. The average molecular weight is 583 g/mol. The zero-order valence-corrected chi connectivity index (χ0v) is 24.2. The standard InChI is InChI=1S/C33H34N4O6/c1-32-17-21-24(12-13-34)36-37(28-7-3-4-14-35-28)25(21)16-19(32)8-9-20-22-10-11-23(33(22,2)18-26(38)29(20)32)30(39)42-43-31(40)27-6-5-15-41-27/h3-7,14-16,20,22-23,26,29,38H,8-12,17-18H2,1-2H3/t20-,22-,23-,26-,29+,32-,33-/m0/s1. The van der Waals surface area contributed by atoms with E-state index in [-0.39, 0.29) is 35.3 Å². The van der Waals surface area contributed by atoms with Gasteiger partial charge in [0.25, 0.3) is 0 Å². The number of hydrogen-bond donors (Lipinski definition) is 1. The Morgan fingerprint density at radius 3 is 2.79 bits per heavy atom. The summed E-state index contributed by atoms with van der Waals surface area (Å²) >= 11 is 0. The van der Waals surface area contributed by atoms with Crippen molar-refractivity contribution in [2.75, 3.05) is 0 Å². The fourth-order valence-electron chi connectivity index (χ4n) is 9.16. The molecule has 222 valence electrons. The summed E-state index contributed by atoms with van der Waals surface area (Å²) in [7, 11) is 0. The number of nitriles is 1. The van der Waals surface area contributed by atoms with E-state index in [2.05, 4.69) is 31.0 Å². The van der Waals surface area contributed by atoms with Gasteiger partial charge in [0.05, 0.1) is 42.2 Å². The molecule has 3 aromatic rings. The van der Waals surface area contributed by atoms with Crippen molar-refractivity contribution in [2.45, 2.75) is 64.9 Å². The molecule has 3 heterocycles. The molecule has 0 aromatic carbocycles. The highest BCUT2D eigenvalue weighted by Crippen LogP contribution is 2.66. The zero-order chi connectivity index (χ0) is 29.9. The summed E-state index contributed by atoms with van der Waals surface area (Å²) in [5.41, 5.74) is 3.27. The molecule has 10 heteroatoms. The monoisotopic (exact) mass is 582 g/mol. The molecule has 43 heavy (non-hydrogen) atoms. The minimum Gasteiger partial charge on any atom is -0.457 e. The van der Waals surface area contributed by atoms with Crippen molar-refractivity contribution in [3.63, 3.8) is 0 Å². The van der Waals surface area contributed by atoms with E-state index < -0.39 is 29.4 Å². The molecule has 3 fully saturated rings. The van der Waals surface area contributed by atoms with Crippen LogP contribution in [0.2, 0.25) is 0 Å². The number of aliphatic hydroxyl groups is 1. The molecule has 1 N–H and O–H groups in total. The first kappa shape index (κ1) is 27.6. The first-order valence-electron chi connectivity index (χ1n) is 15.0. The highest BCUT2D eigenvalue weighted by molar-refractivity contribution is 5.86. The van der Waals surface area contributed by atoms with E-state index in [4.69, 9.17) is 19.3 Å². The van der Waals surface area contributed by atoms with Crippen LogP contribution >= 0.6 is 0 Å². The second-order valence-corrected chi connectivity index (χ2v) is 13.0. The van der Waals surface area contributed by atoms with Gasteiger partial charge in [-0.2, -0.15) is 10.4 Å². The maximum absolute atomic E-state index is 13.2. The van der Waals surface area contributed by atoms with E-state index in [1.54, 1.807) is 12.3 Å². The molecular formula is C33H34N4O6. The molecule has 7 rings (SSSR count). The van der Waals surface area contributed by atoms with E-state index in [0.29, 0.717) is 25.1 Å².